The summed E-state index contributed by atoms with van der Waals surface area (Å²) in [6.07, 6.45) is 5.85. The Balaban J connectivity index is 2.40. The van der Waals surface area contributed by atoms with E-state index in [4.69, 9.17) is 9.47 Å². The van der Waals surface area contributed by atoms with Crippen LogP contribution < -0.4 is 0 Å². The van der Waals surface area contributed by atoms with Gasteiger partial charge in [-0.25, -0.2) is 0 Å². The van der Waals surface area contributed by atoms with Crippen molar-refractivity contribution in [1.82, 2.24) is 0 Å². The number of hydrogen-bond acceptors (Lipinski definition) is 2. The summed E-state index contributed by atoms with van der Waals surface area (Å²) in [5.41, 5.74) is 0. The molecule has 1 heterocycles. The summed E-state index contributed by atoms with van der Waals surface area (Å²) >= 11 is 0. The molecule has 1 aliphatic heterocycles. The second-order valence-corrected chi connectivity index (χ2v) is 3.58. The van der Waals surface area contributed by atoms with Gasteiger partial charge in [-0.3, -0.25) is 0 Å². The molecule has 0 aromatic carbocycles. The maximum Gasteiger partial charge on any atom is 0.0993 e. The molecule has 0 aromatic heterocycles. The van der Waals surface area contributed by atoms with E-state index in [0.29, 0.717) is 18.6 Å². The first-order chi connectivity index (χ1) is 5.74. The van der Waals surface area contributed by atoms with Crippen molar-refractivity contribution < 1.29 is 9.47 Å². The van der Waals surface area contributed by atoms with E-state index in [1.165, 1.54) is 0 Å². The lowest BCUT2D eigenvalue weighted by molar-refractivity contribution is -0.0488. The lowest BCUT2D eigenvalue weighted by Crippen LogP contribution is -2.30. The molecule has 0 saturated carbocycles. The van der Waals surface area contributed by atoms with E-state index < -0.39 is 0 Å². The second-order valence-electron chi connectivity index (χ2n) is 3.58. The van der Waals surface area contributed by atoms with E-state index in [2.05, 4.69) is 26.0 Å². The maximum absolute atomic E-state index is 5.78. The third kappa shape index (κ3) is 2.61. The molecule has 2 atom stereocenters. The van der Waals surface area contributed by atoms with Crippen LogP contribution in [0.5, 0.6) is 0 Å². The lowest BCUT2D eigenvalue weighted by Gasteiger charge is -2.28. The molecule has 2 nitrogen and oxygen atoms in total. The van der Waals surface area contributed by atoms with Crippen molar-refractivity contribution in [1.29, 1.82) is 0 Å². The SMILES string of the molecule is COC[C@H]1C=CC[C@H](C(C)C)O1. The van der Waals surface area contributed by atoms with E-state index in [0.717, 1.165) is 6.42 Å². The third-order valence-corrected chi connectivity index (χ3v) is 2.14. The Morgan fingerprint density at radius 2 is 2.33 bits per heavy atom. The van der Waals surface area contributed by atoms with E-state index in [-0.39, 0.29) is 6.10 Å². The van der Waals surface area contributed by atoms with Gasteiger partial charge in [0.2, 0.25) is 0 Å². The van der Waals surface area contributed by atoms with Gasteiger partial charge in [0.1, 0.15) is 0 Å². The van der Waals surface area contributed by atoms with Crippen LogP contribution in [0.2, 0.25) is 0 Å². The standard InChI is InChI=1S/C10H18O2/c1-8(2)10-6-4-5-9(12-10)7-11-3/h4-5,8-10H,6-7H2,1-3H3/t9-,10-/m1/s1. The quantitative estimate of drug-likeness (QED) is 0.603. The number of ether oxygens (including phenoxy) is 2. The maximum atomic E-state index is 5.78. The van der Waals surface area contributed by atoms with Crippen LogP contribution in [0.1, 0.15) is 20.3 Å². The van der Waals surface area contributed by atoms with Gasteiger partial charge in [0, 0.05) is 7.11 Å². The zero-order valence-electron chi connectivity index (χ0n) is 8.12. The molecule has 0 aliphatic carbocycles. The summed E-state index contributed by atoms with van der Waals surface area (Å²) in [6.45, 7) is 5.04. The van der Waals surface area contributed by atoms with Crippen molar-refractivity contribution >= 4 is 0 Å². The molecule has 0 spiro atoms. The summed E-state index contributed by atoms with van der Waals surface area (Å²) in [6, 6.07) is 0. The largest absolute Gasteiger partial charge is 0.382 e. The third-order valence-electron chi connectivity index (χ3n) is 2.14. The van der Waals surface area contributed by atoms with Crippen LogP contribution in [0, 0.1) is 5.92 Å². The highest BCUT2D eigenvalue weighted by Gasteiger charge is 2.20. The predicted molar refractivity (Wildman–Crippen MR) is 49.1 cm³/mol. The van der Waals surface area contributed by atoms with Crippen molar-refractivity contribution in [3.8, 4) is 0 Å². The van der Waals surface area contributed by atoms with Gasteiger partial charge in [-0.15, -0.1) is 0 Å². The molecule has 0 fully saturated rings. The molecular formula is C10H18O2. The highest BCUT2D eigenvalue weighted by Crippen LogP contribution is 2.18. The fourth-order valence-electron chi connectivity index (χ4n) is 1.38. The molecule has 0 saturated heterocycles. The van der Waals surface area contributed by atoms with Crippen LogP contribution in [-0.4, -0.2) is 25.9 Å². The number of methoxy groups -OCH3 is 1. The highest BCUT2D eigenvalue weighted by atomic mass is 16.5. The number of rotatable bonds is 3. The second kappa shape index (κ2) is 4.63. The molecule has 0 unspecified atom stereocenters. The van der Waals surface area contributed by atoms with Crippen LogP contribution in [0.4, 0.5) is 0 Å². The zero-order valence-corrected chi connectivity index (χ0v) is 8.12. The minimum absolute atomic E-state index is 0.163. The summed E-state index contributed by atoms with van der Waals surface area (Å²) in [5.74, 6) is 0.592. The monoisotopic (exact) mass is 170 g/mol. The molecule has 2 heteroatoms. The van der Waals surface area contributed by atoms with Gasteiger partial charge < -0.3 is 9.47 Å². The number of hydrogen-bond donors (Lipinski definition) is 0. The van der Waals surface area contributed by atoms with Gasteiger partial charge >= 0.3 is 0 Å². The Hall–Kier alpha value is -0.340. The molecular weight excluding hydrogens is 152 g/mol. The molecule has 1 aliphatic rings. The summed E-state index contributed by atoms with van der Waals surface area (Å²) in [4.78, 5) is 0. The fourth-order valence-corrected chi connectivity index (χ4v) is 1.38. The molecule has 0 N–H and O–H groups in total. The topological polar surface area (TPSA) is 18.5 Å². The molecule has 0 aromatic rings. The summed E-state index contributed by atoms with van der Waals surface area (Å²) < 4.78 is 10.8. The van der Waals surface area contributed by atoms with Gasteiger partial charge in [0.25, 0.3) is 0 Å². The Kier molecular flexibility index (Phi) is 3.76. The molecule has 70 valence electrons. The first kappa shape index (κ1) is 9.75. The first-order valence-electron chi connectivity index (χ1n) is 4.55. The smallest absolute Gasteiger partial charge is 0.0993 e. The van der Waals surface area contributed by atoms with Crippen LogP contribution in [0.25, 0.3) is 0 Å². The molecule has 0 amide bonds. The van der Waals surface area contributed by atoms with E-state index in [1.807, 2.05) is 0 Å². The lowest BCUT2D eigenvalue weighted by atomic mass is 10.0. The average molecular weight is 170 g/mol. The molecule has 1 rings (SSSR count). The Morgan fingerprint density at radius 1 is 1.58 bits per heavy atom. The normalized spacial score (nSPS) is 29.7. The van der Waals surface area contributed by atoms with Gasteiger partial charge in [-0.05, 0) is 12.3 Å². The molecule has 0 radical (unpaired) electrons. The Morgan fingerprint density at radius 3 is 2.92 bits per heavy atom. The van der Waals surface area contributed by atoms with E-state index in [1.54, 1.807) is 7.11 Å². The first-order valence-corrected chi connectivity index (χ1v) is 4.55. The average Bonchev–Trinajstić information content (AvgIpc) is 2.05. The van der Waals surface area contributed by atoms with Gasteiger partial charge in [-0.1, -0.05) is 26.0 Å². The minimum Gasteiger partial charge on any atom is -0.382 e. The molecule has 0 bridgehead atoms. The van der Waals surface area contributed by atoms with Gasteiger partial charge in [-0.2, -0.15) is 0 Å². The van der Waals surface area contributed by atoms with Gasteiger partial charge in [0.15, 0.2) is 0 Å². The van der Waals surface area contributed by atoms with Gasteiger partial charge in [0.05, 0.1) is 18.8 Å². The van der Waals surface area contributed by atoms with E-state index in [9.17, 15) is 0 Å². The summed E-state index contributed by atoms with van der Waals surface area (Å²) in [7, 11) is 1.70. The fraction of sp³-hybridized carbons (Fsp3) is 0.800. The van der Waals surface area contributed by atoms with Crippen molar-refractivity contribution in [3.63, 3.8) is 0 Å². The zero-order chi connectivity index (χ0) is 8.97. The van der Waals surface area contributed by atoms with Crippen molar-refractivity contribution in [2.75, 3.05) is 13.7 Å². The van der Waals surface area contributed by atoms with Crippen LogP contribution in [0.15, 0.2) is 12.2 Å². The van der Waals surface area contributed by atoms with E-state index >= 15 is 0 Å². The van der Waals surface area contributed by atoms with Crippen molar-refractivity contribution in [2.24, 2.45) is 5.92 Å². The Bertz CT molecular complexity index is 152. The van der Waals surface area contributed by atoms with Crippen LogP contribution in [-0.2, 0) is 9.47 Å². The van der Waals surface area contributed by atoms with Crippen LogP contribution >= 0.6 is 0 Å². The Labute approximate surface area is 74.6 Å². The molecule has 12 heavy (non-hydrogen) atoms. The summed E-state index contributed by atoms with van der Waals surface area (Å²) in [5, 5.41) is 0. The van der Waals surface area contributed by atoms with Crippen LogP contribution in [0.3, 0.4) is 0 Å². The predicted octanol–water partition coefficient (Wildman–Crippen LogP) is 2.00. The highest BCUT2D eigenvalue weighted by molar-refractivity contribution is 4.96. The van der Waals surface area contributed by atoms with Crippen molar-refractivity contribution in [3.05, 3.63) is 12.2 Å². The van der Waals surface area contributed by atoms with Crippen molar-refractivity contribution in [2.45, 2.75) is 32.5 Å². The minimum atomic E-state index is 0.163.